The van der Waals surface area contributed by atoms with Crippen LogP contribution < -0.4 is 10.1 Å². The van der Waals surface area contributed by atoms with E-state index in [0.29, 0.717) is 18.6 Å². The molecule has 2 aliphatic heterocycles. The van der Waals surface area contributed by atoms with E-state index in [2.05, 4.69) is 34.2 Å². The lowest BCUT2D eigenvalue weighted by atomic mass is 10.0. The fourth-order valence-electron chi connectivity index (χ4n) is 3.66. The fraction of sp³-hybridized carbons (Fsp3) is 0.524. The van der Waals surface area contributed by atoms with Crippen molar-refractivity contribution in [2.24, 2.45) is 4.99 Å². The molecule has 1 N–H and O–H groups in total. The minimum absolute atomic E-state index is 0.00184. The first-order valence-electron chi connectivity index (χ1n) is 9.65. The lowest BCUT2D eigenvalue weighted by Gasteiger charge is -2.25. The van der Waals surface area contributed by atoms with Crippen LogP contribution in [0.2, 0.25) is 0 Å². The summed E-state index contributed by atoms with van der Waals surface area (Å²) in [6.45, 7) is 9.16. The Kier molecular flexibility index (Phi) is 6.04. The number of rotatable bonds is 7. The Hall–Kier alpha value is -2.50. The number of amides is 1. The Morgan fingerprint density at radius 1 is 1.37 bits per heavy atom. The van der Waals surface area contributed by atoms with Crippen LogP contribution in [0.4, 0.5) is 0 Å². The number of carbonyl (C=O) groups is 1. The molecule has 0 radical (unpaired) electrons. The van der Waals surface area contributed by atoms with E-state index in [-0.39, 0.29) is 5.91 Å². The number of nitrogens with one attached hydrogen (secondary N) is 1. The fourth-order valence-corrected chi connectivity index (χ4v) is 3.66. The first-order valence-corrected chi connectivity index (χ1v) is 9.65. The highest BCUT2D eigenvalue weighted by molar-refractivity contribution is 5.92. The summed E-state index contributed by atoms with van der Waals surface area (Å²) >= 11 is 0. The standard InChI is InChI=1S/C21H30N4O2/c1-5-15(2)20(26)22-10-11-24-18(14-25-16(3)13-23-21(24)25)12-17-6-8-19(27-4)9-7-17/h5-9,16,18H,10-14H2,1-4H3,(H,22,26)/b15-5+/t16-,18+/m1/s1. The number of ether oxygens (including phenoxy) is 1. The van der Waals surface area contributed by atoms with Gasteiger partial charge < -0.3 is 19.9 Å². The van der Waals surface area contributed by atoms with E-state index in [9.17, 15) is 4.79 Å². The highest BCUT2D eigenvalue weighted by atomic mass is 16.5. The van der Waals surface area contributed by atoms with Crippen LogP contribution in [0.5, 0.6) is 5.75 Å². The van der Waals surface area contributed by atoms with E-state index in [4.69, 9.17) is 9.73 Å². The normalized spacial score (nSPS) is 21.9. The molecule has 27 heavy (non-hydrogen) atoms. The zero-order valence-electron chi connectivity index (χ0n) is 16.7. The molecule has 6 heteroatoms. The van der Waals surface area contributed by atoms with E-state index in [0.717, 1.165) is 43.3 Å². The van der Waals surface area contributed by atoms with Crippen LogP contribution in [0.3, 0.4) is 0 Å². The van der Waals surface area contributed by atoms with Crippen LogP contribution in [-0.4, -0.2) is 67.0 Å². The zero-order chi connectivity index (χ0) is 19.4. The number of aliphatic imine (C=N–C) groups is 1. The van der Waals surface area contributed by atoms with Gasteiger partial charge in [-0.15, -0.1) is 0 Å². The number of fused-ring (bicyclic) bond motifs is 1. The second-order valence-electron chi connectivity index (χ2n) is 7.27. The maximum absolute atomic E-state index is 12.0. The van der Waals surface area contributed by atoms with E-state index in [1.165, 1.54) is 5.56 Å². The zero-order valence-corrected chi connectivity index (χ0v) is 16.7. The lowest BCUT2D eigenvalue weighted by molar-refractivity contribution is -0.117. The van der Waals surface area contributed by atoms with Gasteiger partial charge in [0.05, 0.1) is 19.7 Å². The summed E-state index contributed by atoms with van der Waals surface area (Å²) in [6.07, 6.45) is 2.79. The highest BCUT2D eigenvalue weighted by Crippen LogP contribution is 2.26. The third kappa shape index (κ3) is 4.26. The summed E-state index contributed by atoms with van der Waals surface area (Å²) in [5, 5.41) is 3.01. The van der Waals surface area contributed by atoms with Gasteiger partial charge in [0.2, 0.25) is 5.91 Å². The number of hydrogen-bond acceptors (Lipinski definition) is 5. The van der Waals surface area contributed by atoms with Crippen molar-refractivity contribution in [2.45, 2.75) is 39.3 Å². The molecule has 0 bridgehead atoms. The molecule has 0 aliphatic carbocycles. The van der Waals surface area contributed by atoms with Gasteiger partial charge in [0.15, 0.2) is 5.96 Å². The van der Waals surface area contributed by atoms with Crippen molar-refractivity contribution >= 4 is 11.9 Å². The van der Waals surface area contributed by atoms with Gasteiger partial charge in [-0.25, -0.2) is 0 Å². The first-order chi connectivity index (χ1) is 13.0. The van der Waals surface area contributed by atoms with Crippen molar-refractivity contribution in [1.82, 2.24) is 15.1 Å². The highest BCUT2D eigenvalue weighted by Gasteiger charge is 2.40. The van der Waals surface area contributed by atoms with E-state index < -0.39 is 0 Å². The molecule has 6 nitrogen and oxygen atoms in total. The van der Waals surface area contributed by atoms with Crippen LogP contribution in [0, 0.1) is 0 Å². The smallest absolute Gasteiger partial charge is 0.246 e. The minimum atomic E-state index is 0.00184. The van der Waals surface area contributed by atoms with Crippen LogP contribution in [0.25, 0.3) is 0 Å². The maximum Gasteiger partial charge on any atom is 0.246 e. The third-order valence-electron chi connectivity index (χ3n) is 5.45. The van der Waals surface area contributed by atoms with Crippen LogP contribution in [0.1, 0.15) is 26.3 Å². The number of hydrogen-bond donors (Lipinski definition) is 1. The molecule has 0 aromatic heterocycles. The first kappa shape index (κ1) is 19.3. The van der Waals surface area contributed by atoms with Gasteiger partial charge in [0.25, 0.3) is 0 Å². The largest absolute Gasteiger partial charge is 0.497 e. The summed E-state index contributed by atoms with van der Waals surface area (Å²) in [4.78, 5) is 21.5. The van der Waals surface area contributed by atoms with Crippen LogP contribution >= 0.6 is 0 Å². The Balaban J connectivity index is 1.66. The van der Waals surface area contributed by atoms with Gasteiger partial charge in [0.1, 0.15) is 5.75 Å². The van der Waals surface area contributed by atoms with Gasteiger partial charge >= 0.3 is 0 Å². The molecule has 1 fully saturated rings. The van der Waals surface area contributed by atoms with Gasteiger partial charge in [-0.3, -0.25) is 9.79 Å². The molecule has 1 aromatic rings. The number of guanidine groups is 1. The van der Waals surface area contributed by atoms with Gasteiger partial charge in [-0.1, -0.05) is 18.2 Å². The third-order valence-corrected chi connectivity index (χ3v) is 5.45. The molecule has 3 rings (SSSR count). The Labute approximate surface area is 161 Å². The average Bonchev–Trinajstić information content (AvgIpc) is 3.21. The van der Waals surface area contributed by atoms with Gasteiger partial charge in [-0.2, -0.15) is 0 Å². The molecule has 1 aromatic carbocycles. The molecular formula is C21H30N4O2. The van der Waals surface area contributed by atoms with Crippen LogP contribution in [-0.2, 0) is 11.2 Å². The molecular weight excluding hydrogens is 340 g/mol. The van der Waals surface area contributed by atoms with Crippen molar-refractivity contribution in [2.75, 3.05) is 33.3 Å². The molecule has 2 aliphatic rings. The van der Waals surface area contributed by atoms with Crippen LogP contribution in [0.15, 0.2) is 40.9 Å². The summed E-state index contributed by atoms with van der Waals surface area (Å²) < 4.78 is 5.26. The van der Waals surface area contributed by atoms with E-state index in [1.54, 1.807) is 7.11 Å². The monoisotopic (exact) mass is 370 g/mol. The number of benzene rings is 1. The number of methoxy groups -OCH3 is 1. The summed E-state index contributed by atoms with van der Waals surface area (Å²) in [5.74, 6) is 1.96. The van der Waals surface area contributed by atoms with Gasteiger partial charge in [-0.05, 0) is 44.9 Å². The molecule has 146 valence electrons. The molecule has 0 spiro atoms. The second kappa shape index (κ2) is 8.46. The van der Waals surface area contributed by atoms with Crippen molar-refractivity contribution in [1.29, 1.82) is 0 Å². The van der Waals surface area contributed by atoms with E-state index in [1.807, 2.05) is 32.1 Å². The lowest BCUT2D eigenvalue weighted by Crippen LogP contribution is -2.42. The van der Waals surface area contributed by atoms with Crippen molar-refractivity contribution < 1.29 is 9.53 Å². The molecule has 2 atom stereocenters. The molecule has 1 amide bonds. The number of carbonyl (C=O) groups excluding carboxylic acids is 1. The van der Waals surface area contributed by atoms with Gasteiger partial charge in [0, 0.05) is 31.2 Å². The summed E-state index contributed by atoms with van der Waals surface area (Å²) in [5.41, 5.74) is 2.04. The predicted octanol–water partition coefficient (Wildman–Crippen LogP) is 2.06. The average molecular weight is 370 g/mol. The van der Waals surface area contributed by atoms with Crippen molar-refractivity contribution in [3.63, 3.8) is 0 Å². The van der Waals surface area contributed by atoms with Crippen molar-refractivity contribution in [3.8, 4) is 5.75 Å². The van der Waals surface area contributed by atoms with Crippen molar-refractivity contribution in [3.05, 3.63) is 41.5 Å². The predicted molar refractivity (Wildman–Crippen MR) is 108 cm³/mol. The maximum atomic E-state index is 12.0. The summed E-state index contributed by atoms with van der Waals surface area (Å²) in [6, 6.07) is 9.08. The minimum Gasteiger partial charge on any atom is -0.497 e. The Morgan fingerprint density at radius 3 is 2.78 bits per heavy atom. The Bertz CT molecular complexity index is 726. The number of allylic oxidation sites excluding steroid dienone is 1. The quantitative estimate of drug-likeness (QED) is 0.747. The topological polar surface area (TPSA) is 57.2 Å². The molecule has 0 unspecified atom stereocenters. The molecule has 0 saturated carbocycles. The SMILES string of the molecule is C/C=C(\C)C(=O)NCCN1C2=NC[C@@H](C)N2C[C@@H]1Cc1ccc(OC)cc1. The second-order valence-corrected chi connectivity index (χ2v) is 7.27. The summed E-state index contributed by atoms with van der Waals surface area (Å²) in [7, 11) is 1.69. The molecule has 1 saturated heterocycles. The molecule has 2 heterocycles. The Morgan fingerprint density at radius 2 is 2.11 bits per heavy atom. The number of nitrogens with zero attached hydrogens (tertiary/aromatic N) is 3. The van der Waals surface area contributed by atoms with E-state index >= 15 is 0 Å².